The standard InChI is InChI=1S/C15H11NO/c1-2-8-14-12(5-1)6-3-9-15(14)16-11-13-7-4-10-17-13/h1-11H. The molecule has 0 bridgehead atoms. The van der Waals surface area contributed by atoms with Gasteiger partial charge in [-0.05, 0) is 23.6 Å². The number of furan rings is 1. The molecule has 17 heavy (non-hydrogen) atoms. The predicted molar refractivity (Wildman–Crippen MR) is 69.9 cm³/mol. The zero-order valence-electron chi connectivity index (χ0n) is 9.21. The molecule has 0 unspecified atom stereocenters. The first kappa shape index (κ1) is 9.85. The van der Waals surface area contributed by atoms with Crippen molar-refractivity contribution in [3.05, 3.63) is 66.6 Å². The molecule has 1 aromatic heterocycles. The summed E-state index contributed by atoms with van der Waals surface area (Å²) in [6.45, 7) is 0. The number of benzene rings is 2. The van der Waals surface area contributed by atoms with Gasteiger partial charge in [-0.25, -0.2) is 0 Å². The summed E-state index contributed by atoms with van der Waals surface area (Å²) >= 11 is 0. The summed E-state index contributed by atoms with van der Waals surface area (Å²) < 4.78 is 5.22. The summed E-state index contributed by atoms with van der Waals surface area (Å²) in [5.74, 6) is 0.762. The highest BCUT2D eigenvalue weighted by molar-refractivity contribution is 5.94. The van der Waals surface area contributed by atoms with Crippen molar-refractivity contribution in [3.63, 3.8) is 0 Å². The molecule has 0 aliphatic carbocycles. The molecule has 0 fully saturated rings. The lowest BCUT2D eigenvalue weighted by atomic mass is 10.1. The van der Waals surface area contributed by atoms with Gasteiger partial charge in [-0.15, -0.1) is 0 Å². The maximum Gasteiger partial charge on any atom is 0.144 e. The summed E-state index contributed by atoms with van der Waals surface area (Å²) in [6, 6.07) is 18.0. The molecule has 1 heterocycles. The molecule has 2 nitrogen and oxygen atoms in total. The molecule has 3 rings (SSSR count). The van der Waals surface area contributed by atoms with Gasteiger partial charge in [-0.1, -0.05) is 36.4 Å². The van der Waals surface area contributed by atoms with Crippen LogP contribution in [0.5, 0.6) is 0 Å². The van der Waals surface area contributed by atoms with E-state index in [-0.39, 0.29) is 0 Å². The second kappa shape index (κ2) is 4.26. The fourth-order valence-corrected chi connectivity index (χ4v) is 1.82. The first-order valence-electron chi connectivity index (χ1n) is 5.49. The van der Waals surface area contributed by atoms with Crippen molar-refractivity contribution in [3.8, 4) is 0 Å². The molecule has 82 valence electrons. The van der Waals surface area contributed by atoms with E-state index >= 15 is 0 Å². The van der Waals surface area contributed by atoms with E-state index in [2.05, 4.69) is 23.2 Å². The Bertz CT molecular complexity index is 648. The summed E-state index contributed by atoms with van der Waals surface area (Å²) in [7, 11) is 0. The molecule has 0 amide bonds. The van der Waals surface area contributed by atoms with Gasteiger partial charge in [0.1, 0.15) is 5.76 Å². The van der Waals surface area contributed by atoms with Crippen LogP contribution in [-0.4, -0.2) is 6.21 Å². The Morgan fingerprint density at radius 2 is 1.76 bits per heavy atom. The van der Waals surface area contributed by atoms with Crippen molar-refractivity contribution in [2.75, 3.05) is 0 Å². The third-order valence-corrected chi connectivity index (χ3v) is 2.64. The molecule has 2 heteroatoms. The van der Waals surface area contributed by atoms with E-state index in [9.17, 15) is 0 Å². The zero-order valence-corrected chi connectivity index (χ0v) is 9.21. The molecule has 0 N–H and O–H groups in total. The topological polar surface area (TPSA) is 25.5 Å². The van der Waals surface area contributed by atoms with E-state index in [1.807, 2.05) is 36.4 Å². The van der Waals surface area contributed by atoms with E-state index in [0.717, 1.165) is 16.8 Å². The largest absolute Gasteiger partial charge is 0.463 e. The normalized spacial score (nSPS) is 11.3. The molecule has 0 aliphatic heterocycles. The monoisotopic (exact) mass is 221 g/mol. The molecular formula is C15H11NO. The summed E-state index contributed by atoms with van der Waals surface area (Å²) in [5.41, 5.74) is 0.958. The van der Waals surface area contributed by atoms with Gasteiger partial charge in [0, 0.05) is 5.39 Å². The number of fused-ring (bicyclic) bond motifs is 1. The quantitative estimate of drug-likeness (QED) is 0.596. The minimum absolute atomic E-state index is 0.762. The molecule has 3 aromatic rings. The maximum absolute atomic E-state index is 5.22. The summed E-state index contributed by atoms with van der Waals surface area (Å²) in [6.07, 6.45) is 3.38. The van der Waals surface area contributed by atoms with Crippen LogP contribution in [0.25, 0.3) is 10.8 Å². The van der Waals surface area contributed by atoms with Gasteiger partial charge in [0.05, 0.1) is 18.2 Å². The zero-order chi connectivity index (χ0) is 11.5. The van der Waals surface area contributed by atoms with Gasteiger partial charge in [-0.3, -0.25) is 4.99 Å². The predicted octanol–water partition coefficient (Wildman–Crippen LogP) is 4.18. The van der Waals surface area contributed by atoms with Gasteiger partial charge in [0.2, 0.25) is 0 Å². The minimum atomic E-state index is 0.762. The molecule has 0 saturated heterocycles. The van der Waals surface area contributed by atoms with E-state index in [0.29, 0.717) is 0 Å². The highest BCUT2D eigenvalue weighted by Crippen LogP contribution is 2.25. The van der Waals surface area contributed by atoms with Crippen LogP contribution in [0.4, 0.5) is 5.69 Å². The Balaban J connectivity index is 2.06. The molecule has 0 radical (unpaired) electrons. The van der Waals surface area contributed by atoms with Gasteiger partial charge in [-0.2, -0.15) is 0 Å². The van der Waals surface area contributed by atoms with E-state index in [1.165, 1.54) is 5.39 Å². The van der Waals surface area contributed by atoms with Gasteiger partial charge < -0.3 is 4.42 Å². The van der Waals surface area contributed by atoms with Gasteiger partial charge >= 0.3 is 0 Å². The van der Waals surface area contributed by atoms with Crippen LogP contribution in [0.2, 0.25) is 0 Å². The van der Waals surface area contributed by atoms with Crippen molar-refractivity contribution in [2.45, 2.75) is 0 Å². The fourth-order valence-electron chi connectivity index (χ4n) is 1.82. The van der Waals surface area contributed by atoms with Crippen molar-refractivity contribution >= 4 is 22.7 Å². The number of hydrogen-bond donors (Lipinski definition) is 0. The fraction of sp³-hybridized carbons (Fsp3) is 0. The summed E-state index contributed by atoms with van der Waals surface area (Å²) in [5, 5.41) is 2.35. The average Bonchev–Trinajstić information content (AvgIpc) is 2.89. The number of nitrogens with zero attached hydrogens (tertiary/aromatic N) is 1. The smallest absolute Gasteiger partial charge is 0.144 e. The molecular weight excluding hydrogens is 210 g/mol. The number of rotatable bonds is 2. The molecule has 0 atom stereocenters. The van der Waals surface area contributed by atoms with Crippen molar-refractivity contribution < 1.29 is 4.42 Å². The lowest BCUT2D eigenvalue weighted by Gasteiger charge is -2.00. The van der Waals surface area contributed by atoms with Crippen LogP contribution < -0.4 is 0 Å². The Kier molecular flexibility index (Phi) is 2.47. The summed E-state index contributed by atoms with van der Waals surface area (Å²) in [4.78, 5) is 4.46. The van der Waals surface area contributed by atoms with Crippen LogP contribution in [0.15, 0.2) is 70.3 Å². The van der Waals surface area contributed by atoms with E-state index in [4.69, 9.17) is 4.42 Å². The van der Waals surface area contributed by atoms with Crippen LogP contribution in [0.1, 0.15) is 5.76 Å². The first-order valence-corrected chi connectivity index (χ1v) is 5.49. The van der Waals surface area contributed by atoms with Gasteiger partial charge in [0.25, 0.3) is 0 Å². The maximum atomic E-state index is 5.22. The third kappa shape index (κ3) is 1.97. The van der Waals surface area contributed by atoms with Crippen molar-refractivity contribution in [2.24, 2.45) is 4.99 Å². The molecule has 2 aromatic carbocycles. The van der Waals surface area contributed by atoms with Crippen LogP contribution in [-0.2, 0) is 0 Å². The number of hydrogen-bond acceptors (Lipinski definition) is 2. The highest BCUT2D eigenvalue weighted by Gasteiger charge is 1.97. The van der Waals surface area contributed by atoms with Crippen LogP contribution >= 0.6 is 0 Å². The number of aliphatic imine (C=N–C) groups is 1. The first-order chi connectivity index (χ1) is 8.43. The second-order valence-corrected chi connectivity index (χ2v) is 3.77. The lowest BCUT2D eigenvalue weighted by Crippen LogP contribution is -1.76. The Morgan fingerprint density at radius 3 is 2.65 bits per heavy atom. The average molecular weight is 221 g/mol. The van der Waals surface area contributed by atoms with Crippen LogP contribution in [0, 0.1) is 0 Å². The Morgan fingerprint density at radius 1 is 0.882 bits per heavy atom. The Hall–Kier alpha value is -2.35. The Labute approximate surface area is 99.2 Å². The lowest BCUT2D eigenvalue weighted by molar-refractivity contribution is 0.560. The highest BCUT2D eigenvalue weighted by atomic mass is 16.3. The van der Waals surface area contributed by atoms with Crippen molar-refractivity contribution in [1.29, 1.82) is 0 Å². The third-order valence-electron chi connectivity index (χ3n) is 2.64. The van der Waals surface area contributed by atoms with E-state index in [1.54, 1.807) is 12.5 Å². The minimum Gasteiger partial charge on any atom is -0.463 e. The molecule has 0 spiro atoms. The van der Waals surface area contributed by atoms with Gasteiger partial charge in [0.15, 0.2) is 0 Å². The van der Waals surface area contributed by atoms with E-state index < -0.39 is 0 Å². The van der Waals surface area contributed by atoms with Crippen LogP contribution in [0.3, 0.4) is 0 Å². The molecule has 0 aliphatic rings. The molecule has 0 saturated carbocycles. The van der Waals surface area contributed by atoms with Crippen molar-refractivity contribution in [1.82, 2.24) is 0 Å². The SMILES string of the molecule is C(=Nc1cccc2ccccc12)c1ccco1. The second-order valence-electron chi connectivity index (χ2n) is 3.77.